The highest BCUT2D eigenvalue weighted by molar-refractivity contribution is 5.89. The van der Waals surface area contributed by atoms with Gasteiger partial charge in [-0.1, -0.05) is 36.4 Å². The van der Waals surface area contributed by atoms with Crippen molar-refractivity contribution in [1.29, 1.82) is 0 Å². The molecule has 128 valence electrons. The Morgan fingerprint density at radius 2 is 1.88 bits per heavy atom. The number of hydrogen-bond acceptors (Lipinski definition) is 3. The van der Waals surface area contributed by atoms with Gasteiger partial charge in [0, 0.05) is 25.9 Å². The van der Waals surface area contributed by atoms with E-state index >= 15 is 0 Å². The molecule has 2 aromatic carbocycles. The van der Waals surface area contributed by atoms with Gasteiger partial charge in [0.2, 0.25) is 5.56 Å². The van der Waals surface area contributed by atoms with E-state index in [0.29, 0.717) is 5.69 Å². The number of carbonyl (C=O) groups is 1. The van der Waals surface area contributed by atoms with Crippen molar-refractivity contribution in [2.24, 2.45) is 7.05 Å². The van der Waals surface area contributed by atoms with E-state index < -0.39 is 12.1 Å². The predicted molar refractivity (Wildman–Crippen MR) is 97.6 cm³/mol. The first-order valence-corrected chi connectivity index (χ1v) is 7.91. The van der Waals surface area contributed by atoms with Crippen molar-refractivity contribution in [2.75, 3.05) is 11.9 Å². The molecule has 6 heteroatoms. The van der Waals surface area contributed by atoms with Gasteiger partial charge in [-0.2, -0.15) is 0 Å². The van der Waals surface area contributed by atoms with Gasteiger partial charge in [-0.25, -0.2) is 4.79 Å². The third-order valence-corrected chi connectivity index (χ3v) is 3.96. The summed E-state index contributed by atoms with van der Waals surface area (Å²) in [7, 11) is 1.61. The topological polar surface area (TPSA) is 83.4 Å². The number of anilines is 1. The van der Waals surface area contributed by atoms with E-state index in [2.05, 4.69) is 10.6 Å². The van der Waals surface area contributed by atoms with E-state index in [1.165, 1.54) is 22.9 Å². The molecule has 2 amide bonds. The van der Waals surface area contributed by atoms with Crippen LogP contribution in [0, 0.1) is 0 Å². The Morgan fingerprint density at radius 3 is 2.64 bits per heavy atom. The van der Waals surface area contributed by atoms with E-state index in [1.54, 1.807) is 7.05 Å². The van der Waals surface area contributed by atoms with Crippen LogP contribution in [0.15, 0.2) is 65.6 Å². The van der Waals surface area contributed by atoms with E-state index in [9.17, 15) is 14.7 Å². The molecular formula is C19H19N3O3. The van der Waals surface area contributed by atoms with Crippen molar-refractivity contribution in [3.63, 3.8) is 0 Å². The number of aliphatic hydroxyl groups is 1. The highest BCUT2D eigenvalue weighted by atomic mass is 16.3. The van der Waals surface area contributed by atoms with Gasteiger partial charge >= 0.3 is 6.03 Å². The van der Waals surface area contributed by atoms with Crippen molar-refractivity contribution in [2.45, 2.75) is 6.10 Å². The Hall–Kier alpha value is -3.12. The van der Waals surface area contributed by atoms with Crippen LogP contribution in [0.25, 0.3) is 10.8 Å². The number of aryl methyl sites for hydroxylation is 1. The zero-order chi connectivity index (χ0) is 17.8. The van der Waals surface area contributed by atoms with Crippen LogP contribution in [0.2, 0.25) is 0 Å². The smallest absolute Gasteiger partial charge is 0.319 e. The minimum absolute atomic E-state index is 0.0793. The number of aromatic nitrogens is 1. The summed E-state index contributed by atoms with van der Waals surface area (Å²) in [5.74, 6) is 0. The second kappa shape index (κ2) is 7.19. The number of aliphatic hydroxyl groups excluding tert-OH is 1. The lowest BCUT2D eigenvalue weighted by Gasteiger charge is -2.14. The maximum absolute atomic E-state index is 11.9. The van der Waals surface area contributed by atoms with Gasteiger partial charge in [-0.3, -0.25) is 4.79 Å². The number of rotatable bonds is 4. The number of urea groups is 1. The lowest BCUT2D eigenvalue weighted by molar-refractivity contribution is 0.175. The lowest BCUT2D eigenvalue weighted by atomic mass is 10.0. The summed E-state index contributed by atoms with van der Waals surface area (Å²) in [5, 5.41) is 17.7. The molecular weight excluding hydrogens is 318 g/mol. The maximum atomic E-state index is 11.9. The molecule has 0 fully saturated rings. The summed E-state index contributed by atoms with van der Waals surface area (Å²) in [6.07, 6.45) is 0.720. The molecule has 0 spiro atoms. The molecule has 1 atom stereocenters. The fourth-order valence-corrected chi connectivity index (χ4v) is 2.57. The molecule has 25 heavy (non-hydrogen) atoms. The molecule has 6 nitrogen and oxygen atoms in total. The molecule has 0 aliphatic rings. The monoisotopic (exact) mass is 337 g/mol. The van der Waals surface area contributed by atoms with Gasteiger partial charge in [0.25, 0.3) is 0 Å². The molecule has 3 N–H and O–H groups in total. The highest BCUT2D eigenvalue weighted by Crippen LogP contribution is 2.20. The average Bonchev–Trinajstić information content (AvgIpc) is 2.62. The van der Waals surface area contributed by atoms with Gasteiger partial charge in [-0.15, -0.1) is 0 Å². The standard InChI is InChI=1S/C19H19N3O3/c1-22-12-16(8-9-18(22)24)21-19(25)20-11-17(23)15-7-6-13-4-2-3-5-14(13)10-15/h2-10,12,17,23H,11H2,1H3,(H2,20,21,25). The number of pyridine rings is 1. The zero-order valence-electron chi connectivity index (χ0n) is 13.8. The molecule has 0 saturated heterocycles. The first-order valence-electron chi connectivity index (χ1n) is 7.91. The van der Waals surface area contributed by atoms with Gasteiger partial charge in [-0.05, 0) is 28.5 Å². The van der Waals surface area contributed by atoms with E-state index in [1.807, 2.05) is 42.5 Å². The van der Waals surface area contributed by atoms with Gasteiger partial charge in [0.1, 0.15) is 0 Å². The Morgan fingerprint density at radius 1 is 1.12 bits per heavy atom. The summed E-state index contributed by atoms with van der Waals surface area (Å²) in [6, 6.07) is 16.0. The van der Waals surface area contributed by atoms with Crippen LogP contribution in [0.1, 0.15) is 11.7 Å². The Kier molecular flexibility index (Phi) is 4.81. The third kappa shape index (κ3) is 4.05. The van der Waals surface area contributed by atoms with Crippen molar-refractivity contribution in [3.8, 4) is 0 Å². The number of amides is 2. The lowest BCUT2D eigenvalue weighted by Crippen LogP contribution is -2.32. The van der Waals surface area contributed by atoms with Gasteiger partial charge < -0.3 is 20.3 Å². The number of nitrogens with one attached hydrogen (secondary N) is 2. The molecule has 3 aromatic rings. The van der Waals surface area contributed by atoms with Crippen LogP contribution in [0.5, 0.6) is 0 Å². The van der Waals surface area contributed by atoms with Crippen LogP contribution in [-0.2, 0) is 7.05 Å². The van der Waals surface area contributed by atoms with Gasteiger partial charge in [0.05, 0.1) is 11.8 Å². The first-order chi connectivity index (χ1) is 12.0. The Labute approximate surface area is 144 Å². The van der Waals surface area contributed by atoms with Crippen LogP contribution in [0.4, 0.5) is 10.5 Å². The Bertz CT molecular complexity index is 965. The summed E-state index contributed by atoms with van der Waals surface area (Å²) < 4.78 is 1.37. The Balaban J connectivity index is 1.60. The number of hydrogen-bond donors (Lipinski definition) is 3. The average molecular weight is 337 g/mol. The predicted octanol–water partition coefficient (Wildman–Crippen LogP) is 2.39. The summed E-state index contributed by atoms with van der Waals surface area (Å²) in [6.45, 7) is 0.0793. The van der Waals surface area contributed by atoms with Crippen LogP contribution >= 0.6 is 0 Å². The molecule has 1 heterocycles. The normalized spacial score (nSPS) is 11.9. The molecule has 0 bridgehead atoms. The summed E-state index contributed by atoms with van der Waals surface area (Å²) in [5.41, 5.74) is 1.08. The molecule has 1 unspecified atom stereocenters. The summed E-state index contributed by atoms with van der Waals surface area (Å²) in [4.78, 5) is 23.3. The van der Waals surface area contributed by atoms with Crippen molar-refractivity contribution >= 4 is 22.5 Å². The summed E-state index contributed by atoms with van der Waals surface area (Å²) >= 11 is 0. The zero-order valence-corrected chi connectivity index (χ0v) is 13.8. The largest absolute Gasteiger partial charge is 0.387 e. The van der Waals surface area contributed by atoms with Crippen LogP contribution in [-0.4, -0.2) is 22.2 Å². The molecule has 0 radical (unpaired) electrons. The van der Waals surface area contributed by atoms with E-state index in [0.717, 1.165) is 16.3 Å². The van der Waals surface area contributed by atoms with E-state index in [-0.39, 0.29) is 12.1 Å². The molecule has 1 aromatic heterocycles. The first kappa shape index (κ1) is 16.7. The van der Waals surface area contributed by atoms with Crippen molar-refractivity contribution in [1.82, 2.24) is 9.88 Å². The quantitative estimate of drug-likeness (QED) is 0.683. The highest BCUT2D eigenvalue weighted by Gasteiger charge is 2.10. The van der Waals surface area contributed by atoms with Crippen molar-refractivity contribution in [3.05, 3.63) is 76.7 Å². The molecule has 0 aliphatic carbocycles. The SMILES string of the molecule is Cn1cc(NC(=O)NCC(O)c2ccc3ccccc3c2)ccc1=O. The van der Waals surface area contributed by atoms with Gasteiger partial charge in [0.15, 0.2) is 0 Å². The molecule has 3 rings (SSSR count). The van der Waals surface area contributed by atoms with Crippen LogP contribution < -0.4 is 16.2 Å². The maximum Gasteiger partial charge on any atom is 0.319 e. The minimum Gasteiger partial charge on any atom is -0.387 e. The second-order valence-corrected chi connectivity index (χ2v) is 5.82. The fourth-order valence-electron chi connectivity index (χ4n) is 2.57. The van der Waals surface area contributed by atoms with Crippen LogP contribution in [0.3, 0.4) is 0 Å². The van der Waals surface area contributed by atoms with E-state index in [4.69, 9.17) is 0 Å². The molecule has 0 aliphatic heterocycles. The number of nitrogens with zero attached hydrogens (tertiary/aromatic N) is 1. The minimum atomic E-state index is -0.810. The second-order valence-electron chi connectivity index (χ2n) is 5.82. The fraction of sp³-hybridized carbons (Fsp3) is 0.158. The third-order valence-electron chi connectivity index (χ3n) is 3.96. The number of fused-ring (bicyclic) bond motifs is 1. The van der Waals surface area contributed by atoms with Crippen molar-refractivity contribution < 1.29 is 9.90 Å². The number of carbonyl (C=O) groups excluding carboxylic acids is 1. The number of benzene rings is 2. The molecule has 0 saturated carbocycles.